The Morgan fingerprint density at radius 3 is 1.72 bits per heavy atom. The van der Waals surface area contributed by atoms with Gasteiger partial charge in [-0.05, 0) is 26.5 Å². The Morgan fingerprint density at radius 1 is 0.793 bits per heavy atom. The van der Waals surface area contributed by atoms with Crippen LogP contribution in [0.2, 0.25) is 5.04 Å². The lowest BCUT2D eigenvalue weighted by Crippen LogP contribution is -2.66. The fraction of sp³-hybridized carbons (Fsp3) is 0.308. The highest BCUT2D eigenvalue weighted by atomic mass is 28.4. The molecule has 0 atom stereocenters. The van der Waals surface area contributed by atoms with Gasteiger partial charge in [0.15, 0.2) is 0 Å². The third kappa shape index (κ3) is 3.95. The van der Waals surface area contributed by atoms with Crippen LogP contribution in [0.5, 0.6) is 0 Å². The summed E-state index contributed by atoms with van der Waals surface area (Å²) in [6, 6.07) is 30.5. The van der Waals surface area contributed by atoms with E-state index < -0.39 is 8.32 Å². The Morgan fingerprint density at radius 2 is 1.31 bits per heavy atom. The summed E-state index contributed by atoms with van der Waals surface area (Å²) in [5.41, 5.74) is 2.59. The first-order valence-corrected chi connectivity index (χ1v) is 12.3. The summed E-state index contributed by atoms with van der Waals surface area (Å²) in [7, 11) is -2.48. The van der Waals surface area contributed by atoms with Crippen molar-refractivity contribution >= 4 is 18.7 Å². The first-order valence-electron chi connectivity index (χ1n) is 10.4. The van der Waals surface area contributed by atoms with Crippen LogP contribution in [0.25, 0.3) is 0 Å². The Balaban J connectivity index is 1.68. The molecule has 0 amide bonds. The molecule has 3 aromatic carbocycles. The predicted molar refractivity (Wildman–Crippen MR) is 122 cm³/mol. The lowest BCUT2D eigenvalue weighted by atomic mass is 9.97. The molecule has 1 aliphatic rings. The van der Waals surface area contributed by atoms with Gasteiger partial charge in [-0.3, -0.25) is 0 Å². The van der Waals surface area contributed by atoms with E-state index in [1.165, 1.54) is 21.5 Å². The van der Waals surface area contributed by atoms with E-state index in [1.54, 1.807) is 0 Å². The lowest BCUT2D eigenvalue weighted by molar-refractivity contribution is 0.00841. The van der Waals surface area contributed by atoms with E-state index in [1.807, 2.05) is 0 Å². The van der Waals surface area contributed by atoms with Crippen LogP contribution in [0.4, 0.5) is 0 Å². The van der Waals surface area contributed by atoms with Gasteiger partial charge in [0, 0.05) is 5.92 Å². The molecule has 1 heterocycles. The topological polar surface area (TPSA) is 18.5 Å². The molecule has 1 aliphatic heterocycles. The molecular formula is C26H30O2Si. The molecule has 0 N–H and O–H groups in total. The third-order valence-corrected chi connectivity index (χ3v) is 10.9. The van der Waals surface area contributed by atoms with Crippen LogP contribution in [-0.2, 0) is 15.8 Å². The molecule has 0 saturated carbocycles. The standard InChI is InChI=1S/C26H30O2Si/c1-26(2,3)29(24-10-6-4-7-11-24,25-12-8-5-9-13-25)28-18-21-14-16-22(17-15-21)23-19-27-20-23/h4-17,23H,18-20H2,1-3H3. The van der Waals surface area contributed by atoms with Gasteiger partial charge in [0.05, 0.1) is 19.8 Å². The summed E-state index contributed by atoms with van der Waals surface area (Å²) in [4.78, 5) is 0. The molecular weight excluding hydrogens is 372 g/mol. The van der Waals surface area contributed by atoms with Gasteiger partial charge < -0.3 is 9.16 Å². The highest BCUT2D eigenvalue weighted by Gasteiger charge is 2.50. The van der Waals surface area contributed by atoms with Crippen LogP contribution in [0.15, 0.2) is 84.9 Å². The van der Waals surface area contributed by atoms with Crippen molar-refractivity contribution in [2.75, 3.05) is 13.2 Å². The number of hydrogen-bond acceptors (Lipinski definition) is 2. The molecule has 2 nitrogen and oxygen atoms in total. The van der Waals surface area contributed by atoms with E-state index in [2.05, 4.69) is 106 Å². The van der Waals surface area contributed by atoms with E-state index in [-0.39, 0.29) is 5.04 Å². The van der Waals surface area contributed by atoms with Crippen LogP contribution in [0, 0.1) is 0 Å². The molecule has 3 heteroatoms. The summed E-state index contributed by atoms with van der Waals surface area (Å²) in [5, 5.41) is 2.64. The highest BCUT2D eigenvalue weighted by Crippen LogP contribution is 2.37. The fourth-order valence-corrected chi connectivity index (χ4v) is 8.81. The molecule has 1 saturated heterocycles. The predicted octanol–water partition coefficient (Wildman–Crippen LogP) is 4.88. The summed E-state index contributed by atoms with van der Waals surface area (Å²) in [6.07, 6.45) is 0. The zero-order valence-electron chi connectivity index (χ0n) is 17.6. The molecule has 4 rings (SSSR count). The summed E-state index contributed by atoms with van der Waals surface area (Å²) >= 11 is 0. The molecule has 150 valence electrons. The molecule has 29 heavy (non-hydrogen) atoms. The van der Waals surface area contributed by atoms with Crippen molar-refractivity contribution in [3.05, 3.63) is 96.1 Å². The zero-order valence-corrected chi connectivity index (χ0v) is 18.6. The Hall–Kier alpha value is -2.20. The number of hydrogen-bond donors (Lipinski definition) is 0. The van der Waals surface area contributed by atoms with Gasteiger partial charge in [-0.25, -0.2) is 0 Å². The van der Waals surface area contributed by atoms with Gasteiger partial charge in [-0.1, -0.05) is 106 Å². The number of rotatable bonds is 6. The first-order chi connectivity index (χ1) is 14.0. The van der Waals surface area contributed by atoms with Crippen molar-refractivity contribution in [2.45, 2.75) is 38.3 Å². The Labute approximate surface area is 175 Å². The minimum atomic E-state index is -2.48. The third-order valence-electron chi connectivity index (χ3n) is 5.96. The average molecular weight is 403 g/mol. The van der Waals surface area contributed by atoms with Gasteiger partial charge in [0.2, 0.25) is 0 Å². The van der Waals surface area contributed by atoms with Crippen molar-refractivity contribution in [1.82, 2.24) is 0 Å². The maximum Gasteiger partial charge on any atom is 0.261 e. The van der Waals surface area contributed by atoms with E-state index >= 15 is 0 Å². The molecule has 1 fully saturated rings. The van der Waals surface area contributed by atoms with Gasteiger partial charge in [-0.15, -0.1) is 0 Å². The van der Waals surface area contributed by atoms with E-state index in [4.69, 9.17) is 9.16 Å². The Kier molecular flexibility index (Phi) is 5.73. The quantitative estimate of drug-likeness (QED) is 0.547. The minimum absolute atomic E-state index is 0.00108. The van der Waals surface area contributed by atoms with Crippen molar-refractivity contribution < 1.29 is 9.16 Å². The lowest BCUT2D eigenvalue weighted by Gasteiger charge is -2.43. The monoisotopic (exact) mass is 402 g/mol. The van der Waals surface area contributed by atoms with Gasteiger partial charge in [0.1, 0.15) is 0 Å². The Bertz CT molecular complexity index is 871. The number of benzene rings is 3. The molecule has 0 aromatic heterocycles. The summed E-state index contributed by atoms with van der Waals surface area (Å²) in [6.45, 7) is 9.27. The second kappa shape index (κ2) is 8.27. The normalized spacial score (nSPS) is 15.1. The molecule has 0 radical (unpaired) electrons. The van der Waals surface area contributed by atoms with E-state index in [9.17, 15) is 0 Å². The van der Waals surface area contributed by atoms with Crippen LogP contribution >= 0.6 is 0 Å². The van der Waals surface area contributed by atoms with Crippen molar-refractivity contribution in [3.8, 4) is 0 Å². The zero-order chi connectivity index (χ0) is 20.3. The van der Waals surface area contributed by atoms with Crippen LogP contribution in [0.1, 0.15) is 37.8 Å². The fourth-order valence-electron chi connectivity index (χ4n) is 4.27. The van der Waals surface area contributed by atoms with Crippen LogP contribution in [-0.4, -0.2) is 21.5 Å². The van der Waals surface area contributed by atoms with Gasteiger partial charge in [0.25, 0.3) is 8.32 Å². The largest absolute Gasteiger partial charge is 0.403 e. The van der Waals surface area contributed by atoms with Crippen molar-refractivity contribution in [2.24, 2.45) is 0 Å². The van der Waals surface area contributed by atoms with Crippen molar-refractivity contribution in [1.29, 1.82) is 0 Å². The summed E-state index contributed by atoms with van der Waals surface area (Å²) in [5.74, 6) is 0.557. The van der Waals surface area contributed by atoms with E-state index in [0.29, 0.717) is 12.5 Å². The SMILES string of the molecule is CC(C)(C)[Si](OCc1ccc(C2COC2)cc1)(c1ccccc1)c1ccccc1. The minimum Gasteiger partial charge on any atom is -0.403 e. The van der Waals surface area contributed by atoms with E-state index in [0.717, 1.165) is 13.2 Å². The van der Waals surface area contributed by atoms with Gasteiger partial charge in [-0.2, -0.15) is 0 Å². The van der Waals surface area contributed by atoms with Crippen LogP contribution in [0.3, 0.4) is 0 Å². The second-order valence-corrected chi connectivity index (χ2v) is 13.2. The molecule has 0 aliphatic carbocycles. The molecule has 0 unspecified atom stereocenters. The maximum absolute atomic E-state index is 7.01. The average Bonchev–Trinajstić information content (AvgIpc) is 2.69. The molecule has 0 spiro atoms. The second-order valence-electron chi connectivity index (χ2n) is 8.93. The first kappa shape index (κ1) is 20.1. The summed E-state index contributed by atoms with van der Waals surface area (Å²) < 4.78 is 12.3. The molecule has 0 bridgehead atoms. The maximum atomic E-state index is 7.01. The van der Waals surface area contributed by atoms with Crippen molar-refractivity contribution in [3.63, 3.8) is 0 Å². The van der Waals surface area contributed by atoms with Crippen LogP contribution < -0.4 is 10.4 Å². The number of ether oxygens (including phenoxy) is 1. The smallest absolute Gasteiger partial charge is 0.261 e. The molecule has 3 aromatic rings. The van der Waals surface area contributed by atoms with Gasteiger partial charge >= 0.3 is 0 Å². The highest BCUT2D eigenvalue weighted by molar-refractivity contribution is 6.99.